The van der Waals surface area contributed by atoms with E-state index in [0.29, 0.717) is 10.8 Å². The first kappa shape index (κ1) is 24.6. The maximum Gasteiger partial charge on any atom is 0.00983 e. The van der Waals surface area contributed by atoms with E-state index in [4.69, 9.17) is 0 Å². The molecule has 0 bridgehead atoms. The van der Waals surface area contributed by atoms with Crippen molar-refractivity contribution >= 4 is 0 Å². The average molecular weight is 456 g/mol. The fourth-order valence-electron chi connectivity index (χ4n) is 10.9. The van der Waals surface area contributed by atoms with Gasteiger partial charge in [-0.05, 0) is 136 Å². The van der Waals surface area contributed by atoms with Crippen LogP contribution < -0.4 is 0 Å². The highest BCUT2D eigenvalue weighted by Gasteiger charge is 2.60. The molecule has 1 saturated heterocycles. The van der Waals surface area contributed by atoms with Crippen LogP contribution in [0.2, 0.25) is 0 Å². The Balaban J connectivity index is 1.24. The SMILES string of the molecule is CC(C)CCC[C@@H](C)[C@H]1CC[C@H]2[C@@H]3CCC4CC(N5CCCCC5)CC[C@]4(C)[C@H]3CC[C@]12C. The Labute approximate surface area is 207 Å². The summed E-state index contributed by atoms with van der Waals surface area (Å²) in [6.07, 6.45) is 22.7. The van der Waals surface area contributed by atoms with Gasteiger partial charge in [-0.2, -0.15) is 0 Å². The summed E-state index contributed by atoms with van der Waals surface area (Å²) >= 11 is 0. The van der Waals surface area contributed by atoms with E-state index in [1.807, 2.05) is 0 Å². The van der Waals surface area contributed by atoms with Crippen LogP contribution in [0.15, 0.2) is 0 Å². The van der Waals surface area contributed by atoms with Crippen molar-refractivity contribution in [2.45, 2.75) is 137 Å². The molecule has 0 radical (unpaired) electrons. The summed E-state index contributed by atoms with van der Waals surface area (Å²) in [5.74, 6) is 7.01. The zero-order chi connectivity index (χ0) is 23.2. The van der Waals surface area contributed by atoms with Crippen LogP contribution in [0.25, 0.3) is 0 Å². The lowest BCUT2D eigenvalue weighted by atomic mass is 9.44. The Morgan fingerprint density at radius 2 is 1.48 bits per heavy atom. The van der Waals surface area contributed by atoms with Gasteiger partial charge < -0.3 is 4.90 Å². The lowest BCUT2D eigenvalue weighted by Gasteiger charge is -2.62. The van der Waals surface area contributed by atoms with Gasteiger partial charge in [0.05, 0.1) is 0 Å². The second-order valence-electron chi connectivity index (χ2n) is 14.7. The van der Waals surface area contributed by atoms with E-state index >= 15 is 0 Å². The molecule has 190 valence electrons. The van der Waals surface area contributed by atoms with Gasteiger partial charge in [0.25, 0.3) is 0 Å². The molecule has 0 aromatic heterocycles. The highest BCUT2D eigenvalue weighted by molar-refractivity contribution is 5.10. The lowest BCUT2D eigenvalue weighted by Crippen LogP contribution is -2.56. The van der Waals surface area contributed by atoms with E-state index in [9.17, 15) is 0 Å². The van der Waals surface area contributed by atoms with E-state index in [1.54, 1.807) is 44.9 Å². The molecule has 0 aromatic rings. The third-order valence-electron chi connectivity index (χ3n) is 12.7. The normalized spacial score (nSPS) is 47.1. The van der Waals surface area contributed by atoms with E-state index in [1.165, 1.54) is 64.5 Å². The summed E-state index contributed by atoms with van der Waals surface area (Å²) in [7, 11) is 0. The van der Waals surface area contributed by atoms with Gasteiger partial charge in [-0.25, -0.2) is 0 Å². The van der Waals surface area contributed by atoms with E-state index in [0.717, 1.165) is 47.5 Å². The van der Waals surface area contributed by atoms with E-state index in [-0.39, 0.29) is 0 Å². The van der Waals surface area contributed by atoms with E-state index < -0.39 is 0 Å². The largest absolute Gasteiger partial charge is 0.300 e. The molecule has 33 heavy (non-hydrogen) atoms. The minimum Gasteiger partial charge on any atom is -0.300 e. The molecule has 5 rings (SSSR count). The third-order valence-corrected chi connectivity index (χ3v) is 12.7. The minimum absolute atomic E-state index is 0.659. The summed E-state index contributed by atoms with van der Waals surface area (Å²) in [4.78, 5) is 2.91. The molecule has 1 heterocycles. The van der Waals surface area contributed by atoms with Gasteiger partial charge in [0.1, 0.15) is 0 Å². The molecule has 5 aliphatic rings. The summed E-state index contributed by atoms with van der Waals surface area (Å²) in [6.45, 7) is 15.8. The molecule has 1 heteroatoms. The Bertz CT molecular complexity index is 649. The highest BCUT2D eigenvalue weighted by Crippen LogP contribution is 2.68. The van der Waals surface area contributed by atoms with Crippen molar-refractivity contribution in [3.05, 3.63) is 0 Å². The van der Waals surface area contributed by atoms with Gasteiger partial charge in [-0.15, -0.1) is 0 Å². The van der Waals surface area contributed by atoms with Crippen LogP contribution in [0, 0.1) is 52.3 Å². The van der Waals surface area contributed by atoms with Crippen LogP contribution >= 0.6 is 0 Å². The van der Waals surface area contributed by atoms with Crippen LogP contribution in [0.1, 0.15) is 131 Å². The molecule has 1 aliphatic heterocycles. The third kappa shape index (κ3) is 4.49. The molecule has 0 N–H and O–H groups in total. The van der Waals surface area contributed by atoms with Crippen LogP contribution in [0.3, 0.4) is 0 Å². The molecule has 4 saturated carbocycles. The molecule has 0 spiro atoms. The topological polar surface area (TPSA) is 3.24 Å². The van der Waals surface area contributed by atoms with Gasteiger partial charge in [0, 0.05) is 6.04 Å². The van der Waals surface area contributed by atoms with Crippen molar-refractivity contribution in [2.24, 2.45) is 52.3 Å². The fraction of sp³-hybridized carbons (Fsp3) is 1.00. The molecule has 1 nitrogen and oxygen atoms in total. The predicted molar refractivity (Wildman–Crippen MR) is 142 cm³/mol. The number of hydrogen-bond donors (Lipinski definition) is 0. The van der Waals surface area contributed by atoms with Crippen LogP contribution in [0.5, 0.6) is 0 Å². The Kier molecular flexibility index (Phi) is 7.31. The van der Waals surface area contributed by atoms with Crippen molar-refractivity contribution in [3.8, 4) is 0 Å². The monoisotopic (exact) mass is 455 g/mol. The van der Waals surface area contributed by atoms with Crippen molar-refractivity contribution in [3.63, 3.8) is 0 Å². The Morgan fingerprint density at radius 1 is 0.758 bits per heavy atom. The first-order chi connectivity index (χ1) is 15.8. The quantitative estimate of drug-likeness (QED) is 0.386. The molecule has 9 atom stereocenters. The van der Waals surface area contributed by atoms with Crippen molar-refractivity contribution < 1.29 is 0 Å². The Hall–Kier alpha value is -0.0400. The number of hydrogen-bond acceptors (Lipinski definition) is 1. The number of likely N-dealkylation sites (tertiary alicyclic amines) is 1. The maximum absolute atomic E-state index is 2.91. The first-order valence-corrected chi connectivity index (χ1v) is 15.6. The molecule has 2 unspecified atom stereocenters. The smallest absolute Gasteiger partial charge is 0.00983 e. The second-order valence-corrected chi connectivity index (χ2v) is 14.7. The minimum atomic E-state index is 0.659. The summed E-state index contributed by atoms with van der Waals surface area (Å²) in [6, 6.07) is 0.927. The molecule has 0 amide bonds. The standard InChI is InChI=1S/C32H57N/c1-23(2)10-9-11-24(3)28-14-15-29-27-13-12-25-22-26(33-20-7-6-8-21-33)16-18-31(25,4)30(27)17-19-32(28,29)5/h23-30H,6-22H2,1-5H3/t24-,25?,26?,27+,28-,29+,30+,31+,32-/m1/s1. The van der Waals surface area contributed by atoms with Gasteiger partial charge in [0.2, 0.25) is 0 Å². The second kappa shape index (κ2) is 9.78. The number of rotatable bonds is 6. The Morgan fingerprint density at radius 3 is 2.24 bits per heavy atom. The first-order valence-electron chi connectivity index (χ1n) is 15.6. The van der Waals surface area contributed by atoms with Gasteiger partial charge in [-0.3, -0.25) is 0 Å². The number of fused-ring (bicyclic) bond motifs is 5. The van der Waals surface area contributed by atoms with E-state index in [2.05, 4.69) is 39.5 Å². The van der Waals surface area contributed by atoms with Gasteiger partial charge >= 0.3 is 0 Å². The molecule has 4 aliphatic carbocycles. The maximum atomic E-state index is 2.91. The van der Waals surface area contributed by atoms with Crippen molar-refractivity contribution in [1.29, 1.82) is 0 Å². The number of nitrogens with zero attached hydrogens (tertiary/aromatic N) is 1. The lowest BCUT2D eigenvalue weighted by molar-refractivity contribution is -0.124. The van der Waals surface area contributed by atoms with Crippen LogP contribution in [0.4, 0.5) is 0 Å². The van der Waals surface area contributed by atoms with Crippen LogP contribution in [-0.4, -0.2) is 24.0 Å². The molecular formula is C32H57N. The fourth-order valence-corrected chi connectivity index (χ4v) is 10.9. The van der Waals surface area contributed by atoms with Crippen molar-refractivity contribution in [1.82, 2.24) is 4.90 Å². The average Bonchev–Trinajstić information content (AvgIpc) is 3.16. The molecule has 0 aromatic carbocycles. The highest BCUT2D eigenvalue weighted by atomic mass is 15.2. The summed E-state index contributed by atoms with van der Waals surface area (Å²) in [5.41, 5.74) is 1.32. The predicted octanol–water partition coefficient (Wildman–Crippen LogP) is 8.96. The zero-order valence-corrected chi connectivity index (χ0v) is 23.1. The van der Waals surface area contributed by atoms with Crippen LogP contribution in [-0.2, 0) is 0 Å². The summed E-state index contributed by atoms with van der Waals surface area (Å²) < 4.78 is 0. The van der Waals surface area contributed by atoms with Gasteiger partial charge in [0.15, 0.2) is 0 Å². The van der Waals surface area contributed by atoms with Crippen molar-refractivity contribution in [2.75, 3.05) is 13.1 Å². The zero-order valence-electron chi connectivity index (χ0n) is 23.1. The molecular weight excluding hydrogens is 398 g/mol. The molecule has 5 fully saturated rings. The van der Waals surface area contributed by atoms with Gasteiger partial charge in [-0.1, -0.05) is 60.3 Å². The number of piperidine rings is 1. The summed E-state index contributed by atoms with van der Waals surface area (Å²) in [5, 5.41) is 0.